The van der Waals surface area contributed by atoms with Crippen molar-refractivity contribution in [2.24, 2.45) is 0 Å². The number of hydrogen-bond acceptors (Lipinski definition) is 1. The van der Waals surface area contributed by atoms with Gasteiger partial charge in [-0.15, -0.1) is 0 Å². The molecule has 0 radical (unpaired) electrons. The van der Waals surface area contributed by atoms with Crippen LogP contribution in [0.4, 0.5) is 0 Å². The molecule has 0 aromatic rings. The fourth-order valence-corrected chi connectivity index (χ4v) is 0.476. The van der Waals surface area contributed by atoms with E-state index in [1.165, 1.54) is 5.57 Å². The van der Waals surface area contributed by atoms with Crippen LogP contribution in [-0.2, 0) is 0 Å². The van der Waals surface area contributed by atoms with Crippen LogP contribution in [0.5, 0.6) is 0 Å². The highest BCUT2D eigenvalue weighted by Crippen LogP contribution is 2.02. The molecule has 0 aliphatic heterocycles. The molecule has 0 bridgehead atoms. The molecule has 1 nitrogen and oxygen atoms in total. The van der Waals surface area contributed by atoms with Gasteiger partial charge in [0, 0.05) is 0 Å². The number of hydrogen-bond donors (Lipinski definition) is 1. The summed E-state index contributed by atoms with van der Waals surface area (Å²) in [5.41, 5.74) is 0.548. The molecule has 0 amide bonds. The van der Waals surface area contributed by atoms with Crippen LogP contribution in [0.3, 0.4) is 0 Å². The maximum atomic E-state index is 9.21. The molecule has 10 heavy (non-hydrogen) atoms. The Bertz CT molecular complexity index is 143. The highest BCUT2D eigenvalue weighted by Gasteiger charge is 2.03. The molecule has 0 saturated heterocycles. The third-order valence-electron chi connectivity index (χ3n) is 0.934. The van der Waals surface area contributed by atoms with E-state index in [4.69, 9.17) is 0 Å². The predicted octanol–water partition coefficient (Wildman–Crippen LogP) is 2.28. The summed E-state index contributed by atoms with van der Waals surface area (Å²) in [7, 11) is 0. The van der Waals surface area contributed by atoms with E-state index >= 15 is 0 Å². The van der Waals surface area contributed by atoms with Gasteiger partial charge in [-0.05, 0) is 27.7 Å². The first-order valence-electron chi connectivity index (χ1n) is 3.47. The van der Waals surface area contributed by atoms with E-state index in [1.54, 1.807) is 19.9 Å². The Hall–Kier alpha value is -0.560. The molecule has 0 saturated carbocycles. The van der Waals surface area contributed by atoms with Crippen molar-refractivity contribution in [2.45, 2.75) is 33.3 Å². The van der Waals surface area contributed by atoms with E-state index in [9.17, 15) is 5.11 Å². The summed E-state index contributed by atoms with van der Waals surface area (Å²) < 4.78 is 0. The first-order chi connectivity index (χ1) is 4.42. The van der Waals surface area contributed by atoms with Crippen molar-refractivity contribution in [1.29, 1.82) is 0 Å². The Morgan fingerprint density at radius 2 is 1.80 bits per heavy atom. The van der Waals surface area contributed by atoms with Gasteiger partial charge in [0.15, 0.2) is 0 Å². The predicted molar refractivity (Wildman–Crippen MR) is 44.9 cm³/mol. The molecule has 0 aromatic heterocycles. The van der Waals surface area contributed by atoms with Gasteiger partial charge in [0.25, 0.3) is 0 Å². The summed E-state index contributed by atoms with van der Waals surface area (Å²) in [6.07, 6.45) is 5.60. The van der Waals surface area contributed by atoms with Crippen molar-refractivity contribution < 1.29 is 5.11 Å². The van der Waals surface area contributed by atoms with Crippen LogP contribution in [0.1, 0.15) is 27.7 Å². The van der Waals surface area contributed by atoms with E-state index in [0.29, 0.717) is 0 Å². The summed E-state index contributed by atoms with van der Waals surface area (Å²) in [5, 5.41) is 9.21. The topological polar surface area (TPSA) is 20.2 Å². The first kappa shape index (κ1) is 9.44. The average molecular weight is 140 g/mol. The van der Waals surface area contributed by atoms with Crippen LogP contribution in [0.15, 0.2) is 23.8 Å². The quantitative estimate of drug-likeness (QED) is 0.583. The molecule has 0 aliphatic carbocycles. The van der Waals surface area contributed by atoms with Crippen molar-refractivity contribution in [3.05, 3.63) is 23.8 Å². The van der Waals surface area contributed by atoms with E-state index in [1.807, 2.05) is 26.0 Å². The molecule has 1 N–H and O–H groups in total. The normalized spacial score (nSPS) is 12.1. The Balaban J connectivity index is 3.90. The highest BCUT2D eigenvalue weighted by atomic mass is 16.3. The van der Waals surface area contributed by atoms with Gasteiger partial charge in [-0.2, -0.15) is 0 Å². The van der Waals surface area contributed by atoms with Gasteiger partial charge >= 0.3 is 0 Å². The van der Waals surface area contributed by atoms with Crippen molar-refractivity contribution >= 4 is 0 Å². The third-order valence-corrected chi connectivity index (χ3v) is 0.934. The molecule has 0 aliphatic rings. The largest absolute Gasteiger partial charge is 0.386 e. The molecule has 0 atom stereocenters. The lowest BCUT2D eigenvalue weighted by Crippen LogP contribution is -2.13. The molecule has 0 rings (SSSR count). The van der Waals surface area contributed by atoms with Crippen molar-refractivity contribution in [3.8, 4) is 0 Å². The number of aliphatic hydroxyl groups is 1. The fraction of sp³-hybridized carbons (Fsp3) is 0.556. The van der Waals surface area contributed by atoms with Crippen molar-refractivity contribution in [3.63, 3.8) is 0 Å². The molecular weight excluding hydrogens is 124 g/mol. The van der Waals surface area contributed by atoms with Gasteiger partial charge in [0.2, 0.25) is 0 Å². The van der Waals surface area contributed by atoms with Gasteiger partial charge in [-0.1, -0.05) is 23.8 Å². The number of rotatable bonds is 2. The smallest absolute Gasteiger partial charge is 0.0774 e. The van der Waals surface area contributed by atoms with Gasteiger partial charge in [-0.25, -0.2) is 0 Å². The second-order valence-electron chi connectivity index (χ2n) is 3.26. The SMILES string of the molecule is CC(C)=C/C=C/C(C)(C)O. The zero-order valence-corrected chi connectivity index (χ0v) is 7.18. The summed E-state index contributed by atoms with van der Waals surface area (Å²) in [6.45, 7) is 7.55. The summed E-state index contributed by atoms with van der Waals surface area (Å²) in [4.78, 5) is 0. The molecule has 0 heterocycles. The van der Waals surface area contributed by atoms with Crippen molar-refractivity contribution in [1.82, 2.24) is 0 Å². The maximum Gasteiger partial charge on any atom is 0.0774 e. The third kappa shape index (κ3) is 7.44. The molecule has 1 heteroatoms. The lowest BCUT2D eigenvalue weighted by Gasteiger charge is -2.08. The minimum absolute atomic E-state index is 0.689. The van der Waals surface area contributed by atoms with E-state index in [0.717, 1.165) is 0 Å². The molecule has 0 aromatic carbocycles. The van der Waals surface area contributed by atoms with Gasteiger partial charge in [0.1, 0.15) is 0 Å². The average Bonchev–Trinajstić information content (AvgIpc) is 1.59. The summed E-state index contributed by atoms with van der Waals surface area (Å²) in [5.74, 6) is 0. The highest BCUT2D eigenvalue weighted by molar-refractivity contribution is 5.11. The molecular formula is C9H16O. The second-order valence-corrected chi connectivity index (χ2v) is 3.26. The fourth-order valence-electron chi connectivity index (χ4n) is 0.476. The zero-order valence-electron chi connectivity index (χ0n) is 7.18. The van der Waals surface area contributed by atoms with Crippen LogP contribution in [-0.4, -0.2) is 10.7 Å². The maximum absolute atomic E-state index is 9.21. The monoisotopic (exact) mass is 140 g/mol. The van der Waals surface area contributed by atoms with Gasteiger partial charge < -0.3 is 5.11 Å². The Labute approximate surface area is 63.1 Å². The van der Waals surface area contributed by atoms with Crippen LogP contribution < -0.4 is 0 Å². The summed E-state index contributed by atoms with van der Waals surface area (Å²) >= 11 is 0. The Kier molecular flexibility index (Phi) is 3.37. The van der Waals surface area contributed by atoms with Crippen LogP contribution in [0.25, 0.3) is 0 Å². The van der Waals surface area contributed by atoms with Gasteiger partial charge in [-0.3, -0.25) is 0 Å². The Morgan fingerprint density at radius 1 is 1.30 bits per heavy atom. The van der Waals surface area contributed by atoms with E-state index < -0.39 is 5.60 Å². The molecule has 0 unspecified atom stereocenters. The minimum atomic E-state index is -0.689. The molecule has 0 spiro atoms. The van der Waals surface area contributed by atoms with E-state index in [2.05, 4.69) is 0 Å². The Morgan fingerprint density at radius 3 is 2.10 bits per heavy atom. The summed E-state index contributed by atoms with van der Waals surface area (Å²) in [6, 6.07) is 0. The van der Waals surface area contributed by atoms with Crippen molar-refractivity contribution in [2.75, 3.05) is 0 Å². The lowest BCUT2D eigenvalue weighted by molar-refractivity contribution is 0.133. The molecule has 0 fully saturated rings. The van der Waals surface area contributed by atoms with Crippen LogP contribution >= 0.6 is 0 Å². The van der Waals surface area contributed by atoms with Gasteiger partial charge in [0.05, 0.1) is 5.60 Å². The standard InChI is InChI=1S/C9H16O/c1-8(2)6-5-7-9(3,4)10/h5-7,10H,1-4H3/b7-5+. The minimum Gasteiger partial charge on any atom is -0.386 e. The lowest BCUT2D eigenvalue weighted by atomic mass is 10.1. The van der Waals surface area contributed by atoms with Crippen LogP contribution in [0.2, 0.25) is 0 Å². The number of allylic oxidation sites excluding steroid dienone is 3. The van der Waals surface area contributed by atoms with E-state index in [-0.39, 0.29) is 0 Å². The molecule has 58 valence electrons. The zero-order chi connectivity index (χ0) is 8.20. The van der Waals surface area contributed by atoms with Crippen LogP contribution in [0, 0.1) is 0 Å². The first-order valence-corrected chi connectivity index (χ1v) is 3.47. The second kappa shape index (κ2) is 3.57.